The molecule has 17 heavy (non-hydrogen) atoms. The van der Waals surface area contributed by atoms with E-state index in [1.165, 1.54) is 14.6 Å². The third-order valence-electron chi connectivity index (χ3n) is 2.34. The normalized spacial score (nSPS) is 10.9. The number of thiophene rings is 2. The Morgan fingerprint density at radius 2 is 1.94 bits per heavy atom. The van der Waals surface area contributed by atoms with Gasteiger partial charge in [-0.2, -0.15) is 0 Å². The van der Waals surface area contributed by atoms with Gasteiger partial charge in [0.1, 0.15) is 0 Å². The van der Waals surface area contributed by atoms with E-state index in [1.807, 2.05) is 11.3 Å². The largest absolute Gasteiger partial charge is 0.370 e. The van der Waals surface area contributed by atoms with Crippen LogP contribution in [0.4, 0.5) is 0 Å². The Balaban J connectivity index is 1.73. The number of ether oxygens (including phenoxy) is 1. The molecule has 2 rings (SSSR count). The van der Waals surface area contributed by atoms with Crippen LogP contribution in [0.1, 0.15) is 21.6 Å². The summed E-state index contributed by atoms with van der Waals surface area (Å²) in [6, 6.07) is 8.50. The van der Waals surface area contributed by atoms with Crippen molar-refractivity contribution in [3.8, 4) is 0 Å². The Morgan fingerprint density at radius 3 is 2.71 bits per heavy atom. The molecule has 0 aliphatic carbocycles. The highest BCUT2D eigenvalue weighted by atomic mass is 32.1. The molecular formula is C13H17NOS2. The molecule has 0 atom stereocenters. The SMILES string of the molecule is CCNCc1ccc(COCc2cccs2)s1. The van der Waals surface area contributed by atoms with Crippen LogP contribution in [-0.4, -0.2) is 6.54 Å². The fourth-order valence-corrected chi connectivity index (χ4v) is 3.06. The van der Waals surface area contributed by atoms with Crippen LogP contribution < -0.4 is 5.32 Å². The van der Waals surface area contributed by atoms with E-state index >= 15 is 0 Å². The molecule has 0 amide bonds. The van der Waals surface area contributed by atoms with Gasteiger partial charge >= 0.3 is 0 Å². The van der Waals surface area contributed by atoms with E-state index in [9.17, 15) is 0 Å². The molecule has 1 N–H and O–H groups in total. The summed E-state index contributed by atoms with van der Waals surface area (Å²) in [5.41, 5.74) is 0. The summed E-state index contributed by atoms with van der Waals surface area (Å²) in [4.78, 5) is 3.96. The Hall–Kier alpha value is -0.680. The van der Waals surface area contributed by atoms with Gasteiger partial charge in [0.15, 0.2) is 0 Å². The van der Waals surface area contributed by atoms with Gasteiger partial charge in [0.25, 0.3) is 0 Å². The van der Waals surface area contributed by atoms with Crippen LogP contribution in [0, 0.1) is 0 Å². The van der Waals surface area contributed by atoms with E-state index in [4.69, 9.17) is 4.74 Å². The minimum Gasteiger partial charge on any atom is -0.370 e. The summed E-state index contributed by atoms with van der Waals surface area (Å²) in [5, 5.41) is 5.41. The number of rotatable bonds is 7. The van der Waals surface area contributed by atoms with Crippen molar-refractivity contribution in [3.05, 3.63) is 44.3 Å². The van der Waals surface area contributed by atoms with Crippen molar-refractivity contribution in [2.24, 2.45) is 0 Å². The zero-order chi connectivity index (χ0) is 11.9. The van der Waals surface area contributed by atoms with Crippen LogP contribution >= 0.6 is 22.7 Å². The van der Waals surface area contributed by atoms with Gasteiger partial charge in [-0.3, -0.25) is 0 Å². The van der Waals surface area contributed by atoms with Crippen LogP contribution in [0.3, 0.4) is 0 Å². The van der Waals surface area contributed by atoms with Crippen molar-refractivity contribution < 1.29 is 4.74 Å². The number of hydrogen-bond donors (Lipinski definition) is 1. The monoisotopic (exact) mass is 267 g/mol. The van der Waals surface area contributed by atoms with Crippen molar-refractivity contribution in [1.29, 1.82) is 0 Å². The van der Waals surface area contributed by atoms with Crippen molar-refractivity contribution in [2.45, 2.75) is 26.7 Å². The van der Waals surface area contributed by atoms with E-state index in [0.717, 1.165) is 19.7 Å². The van der Waals surface area contributed by atoms with Crippen molar-refractivity contribution in [1.82, 2.24) is 5.32 Å². The topological polar surface area (TPSA) is 21.3 Å². The van der Waals surface area contributed by atoms with Crippen LogP contribution in [0.2, 0.25) is 0 Å². The lowest BCUT2D eigenvalue weighted by Crippen LogP contribution is -2.10. The summed E-state index contributed by atoms with van der Waals surface area (Å²) < 4.78 is 5.68. The number of hydrogen-bond acceptors (Lipinski definition) is 4. The van der Waals surface area contributed by atoms with E-state index in [0.29, 0.717) is 6.61 Å². The lowest BCUT2D eigenvalue weighted by molar-refractivity contribution is 0.111. The zero-order valence-corrected chi connectivity index (χ0v) is 11.6. The molecule has 0 saturated carbocycles. The molecule has 0 bridgehead atoms. The van der Waals surface area contributed by atoms with E-state index in [-0.39, 0.29) is 0 Å². The van der Waals surface area contributed by atoms with Crippen LogP contribution in [0.25, 0.3) is 0 Å². The molecule has 2 aromatic rings. The van der Waals surface area contributed by atoms with Gasteiger partial charge in [-0.25, -0.2) is 0 Å². The predicted octanol–water partition coefficient (Wildman–Crippen LogP) is 3.64. The van der Waals surface area contributed by atoms with E-state index in [1.54, 1.807) is 11.3 Å². The summed E-state index contributed by atoms with van der Waals surface area (Å²) >= 11 is 3.57. The summed E-state index contributed by atoms with van der Waals surface area (Å²) in [6.07, 6.45) is 0. The quantitative estimate of drug-likeness (QED) is 0.827. The highest BCUT2D eigenvalue weighted by Crippen LogP contribution is 2.18. The minimum atomic E-state index is 0.717. The molecule has 4 heteroatoms. The zero-order valence-electron chi connectivity index (χ0n) is 9.94. The van der Waals surface area contributed by atoms with Gasteiger partial charge in [0.2, 0.25) is 0 Å². The van der Waals surface area contributed by atoms with Gasteiger partial charge in [0.05, 0.1) is 13.2 Å². The highest BCUT2D eigenvalue weighted by Gasteiger charge is 2.00. The first-order valence-electron chi connectivity index (χ1n) is 5.77. The van der Waals surface area contributed by atoms with Gasteiger partial charge in [-0.15, -0.1) is 22.7 Å². The van der Waals surface area contributed by atoms with Gasteiger partial charge < -0.3 is 10.1 Å². The van der Waals surface area contributed by atoms with Gasteiger partial charge in [-0.05, 0) is 30.1 Å². The average molecular weight is 267 g/mol. The minimum absolute atomic E-state index is 0.717. The molecule has 92 valence electrons. The Labute approximate surface area is 110 Å². The Morgan fingerprint density at radius 1 is 1.12 bits per heavy atom. The van der Waals surface area contributed by atoms with Crippen molar-refractivity contribution in [3.63, 3.8) is 0 Å². The molecule has 0 spiro atoms. The van der Waals surface area contributed by atoms with Crippen LogP contribution in [0.5, 0.6) is 0 Å². The van der Waals surface area contributed by atoms with E-state index in [2.05, 4.69) is 41.9 Å². The molecule has 0 aliphatic rings. The number of nitrogens with one attached hydrogen (secondary N) is 1. The summed E-state index contributed by atoms with van der Waals surface area (Å²) in [5.74, 6) is 0. The summed E-state index contributed by atoms with van der Waals surface area (Å²) in [6.45, 7) is 5.54. The standard InChI is InChI=1S/C13H17NOS2/c1-2-14-8-11-5-6-13(17-11)10-15-9-12-4-3-7-16-12/h3-7,14H,2,8-10H2,1H3. The first-order valence-corrected chi connectivity index (χ1v) is 7.46. The fourth-order valence-electron chi connectivity index (χ4n) is 1.49. The molecule has 2 aromatic heterocycles. The smallest absolute Gasteiger partial charge is 0.0814 e. The maximum atomic E-state index is 5.68. The molecule has 0 saturated heterocycles. The van der Waals surface area contributed by atoms with Gasteiger partial charge in [-0.1, -0.05) is 13.0 Å². The van der Waals surface area contributed by atoms with Crippen molar-refractivity contribution >= 4 is 22.7 Å². The molecule has 0 aliphatic heterocycles. The maximum Gasteiger partial charge on any atom is 0.0814 e. The second-order valence-corrected chi connectivity index (χ2v) is 6.01. The first kappa shape index (κ1) is 12.8. The Kier molecular flexibility index (Phi) is 5.19. The third kappa shape index (κ3) is 4.24. The predicted molar refractivity (Wildman–Crippen MR) is 74.5 cm³/mol. The molecule has 0 unspecified atom stereocenters. The molecule has 0 fully saturated rings. The second kappa shape index (κ2) is 6.91. The van der Waals surface area contributed by atoms with Crippen LogP contribution in [-0.2, 0) is 24.5 Å². The molecule has 0 aromatic carbocycles. The average Bonchev–Trinajstić information content (AvgIpc) is 2.98. The van der Waals surface area contributed by atoms with E-state index < -0.39 is 0 Å². The lowest BCUT2D eigenvalue weighted by atomic mass is 10.4. The second-order valence-electron chi connectivity index (χ2n) is 3.72. The van der Waals surface area contributed by atoms with Crippen molar-refractivity contribution in [2.75, 3.05) is 6.54 Å². The van der Waals surface area contributed by atoms with Gasteiger partial charge in [0, 0.05) is 21.2 Å². The maximum absolute atomic E-state index is 5.68. The molecular weight excluding hydrogens is 250 g/mol. The lowest BCUT2D eigenvalue weighted by Gasteiger charge is -2.00. The molecule has 2 heterocycles. The Bertz CT molecular complexity index is 422. The first-order chi connectivity index (χ1) is 8.38. The summed E-state index contributed by atoms with van der Waals surface area (Å²) in [7, 11) is 0. The van der Waals surface area contributed by atoms with Crippen LogP contribution in [0.15, 0.2) is 29.6 Å². The fraction of sp³-hybridized carbons (Fsp3) is 0.385. The third-order valence-corrected chi connectivity index (χ3v) is 4.24. The molecule has 2 nitrogen and oxygen atoms in total. The highest BCUT2D eigenvalue weighted by molar-refractivity contribution is 7.12. The molecule has 0 radical (unpaired) electrons.